The number of nitrogens with zero attached hydrogens (tertiary/aromatic N) is 4. The predicted molar refractivity (Wildman–Crippen MR) is 119 cm³/mol. The van der Waals surface area contributed by atoms with Crippen molar-refractivity contribution >= 4 is 34.8 Å². The fourth-order valence-corrected chi connectivity index (χ4v) is 3.49. The predicted octanol–water partition coefficient (Wildman–Crippen LogP) is 1.86. The fourth-order valence-electron chi connectivity index (χ4n) is 3.26. The van der Waals surface area contributed by atoms with Crippen LogP contribution in [-0.2, 0) is 0 Å². The van der Waals surface area contributed by atoms with Crippen molar-refractivity contribution in [2.45, 2.75) is 25.8 Å². The molecule has 10 nitrogen and oxygen atoms in total. The first kappa shape index (κ1) is 20.1. The van der Waals surface area contributed by atoms with Gasteiger partial charge in [0.1, 0.15) is 17.3 Å². The van der Waals surface area contributed by atoms with Gasteiger partial charge >= 0.3 is 5.69 Å². The zero-order valence-corrected chi connectivity index (χ0v) is 17.8. The van der Waals surface area contributed by atoms with E-state index in [1.165, 1.54) is 0 Å². The third-order valence-electron chi connectivity index (χ3n) is 4.88. The molecule has 11 heteroatoms. The Kier molecular flexibility index (Phi) is 5.06. The van der Waals surface area contributed by atoms with Crippen LogP contribution in [0.4, 0.5) is 11.5 Å². The summed E-state index contributed by atoms with van der Waals surface area (Å²) < 4.78 is 7.13. The molecule has 1 aromatic carbocycles. The number of imidazole rings is 1. The summed E-state index contributed by atoms with van der Waals surface area (Å²) in [6, 6.07) is 7.51. The second-order valence-corrected chi connectivity index (χ2v) is 7.79. The Hall–Kier alpha value is -3.79. The molecule has 32 heavy (non-hydrogen) atoms. The van der Waals surface area contributed by atoms with Gasteiger partial charge in [-0.2, -0.15) is 9.61 Å². The molecule has 0 radical (unpaired) electrons. The molecule has 1 fully saturated rings. The van der Waals surface area contributed by atoms with E-state index in [0.717, 1.165) is 18.5 Å². The molecule has 0 aliphatic heterocycles. The molecule has 0 unspecified atom stereocenters. The number of aromatic hydroxyl groups is 1. The average Bonchev–Trinajstić information content (AvgIpc) is 3.39. The van der Waals surface area contributed by atoms with Crippen molar-refractivity contribution in [2.75, 3.05) is 11.9 Å². The Morgan fingerprint density at radius 1 is 1.38 bits per heavy atom. The molecule has 164 valence electrons. The van der Waals surface area contributed by atoms with E-state index in [0.29, 0.717) is 39.6 Å². The Labute approximate surface area is 186 Å². The molecule has 0 spiro atoms. The zero-order chi connectivity index (χ0) is 22.2. The molecule has 0 bridgehead atoms. The van der Waals surface area contributed by atoms with Gasteiger partial charge in [-0.05, 0) is 44.0 Å². The Morgan fingerprint density at radius 2 is 2.22 bits per heavy atom. The van der Waals surface area contributed by atoms with Gasteiger partial charge in [0, 0.05) is 17.0 Å². The second kappa shape index (κ2) is 8.04. The monoisotopic (exact) mass is 453 g/mol. The molecule has 1 saturated carbocycles. The summed E-state index contributed by atoms with van der Waals surface area (Å²) >= 11 is 6.31. The largest absolute Gasteiger partial charge is 0.493 e. The van der Waals surface area contributed by atoms with Gasteiger partial charge < -0.3 is 20.1 Å². The average molecular weight is 454 g/mol. The number of aromatic amines is 2. The summed E-state index contributed by atoms with van der Waals surface area (Å²) in [6.07, 6.45) is 5.29. The van der Waals surface area contributed by atoms with Gasteiger partial charge in [0.25, 0.3) is 0 Å². The van der Waals surface area contributed by atoms with Crippen LogP contribution >= 0.6 is 11.6 Å². The molecule has 4 aromatic rings. The number of fused-ring (bicyclic) bond motifs is 1. The molecule has 5 rings (SSSR count). The normalized spacial score (nSPS) is 14.9. The lowest BCUT2D eigenvalue weighted by molar-refractivity contribution is 0.340. The maximum absolute atomic E-state index is 11.5. The molecule has 1 aliphatic carbocycles. The number of rotatable bonds is 6. The number of ether oxygens (including phenoxy) is 1. The number of anilines is 2. The molecular weight excluding hydrogens is 434 g/mol. The van der Waals surface area contributed by atoms with Gasteiger partial charge in [-0.3, -0.25) is 9.98 Å². The van der Waals surface area contributed by atoms with Crippen LogP contribution in [-0.4, -0.2) is 42.3 Å². The number of halogens is 1. The van der Waals surface area contributed by atoms with Crippen LogP contribution in [0.1, 0.15) is 25.5 Å². The number of nitrogens with one attached hydrogen (secondary N) is 3. The minimum Gasteiger partial charge on any atom is -0.493 e. The van der Waals surface area contributed by atoms with E-state index in [-0.39, 0.29) is 17.6 Å². The summed E-state index contributed by atoms with van der Waals surface area (Å²) in [5.41, 5.74) is 1.66. The first-order valence-electron chi connectivity index (χ1n) is 10.1. The lowest BCUT2D eigenvalue weighted by Crippen LogP contribution is -2.19. The molecule has 3 heterocycles. The first-order chi connectivity index (χ1) is 15.5. The van der Waals surface area contributed by atoms with E-state index >= 15 is 0 Å². The quantitative estimate of drug-likeness (QED) is 0.352. The number of hydrogen-bond donors (Lipinski definition) is 4. The summed E-state index contributed by atoms with van der Waals surface area (Å²) in [5, 5.41) is 18.7. The van der Waals surface area contributed by atoms with Crippen LogP contribution in [0, 0.1) is 0 Å². The van der Waals surface area contributed by atoms with Crippen molar-refractivity contribution in [3.8, 4) is 11.6 Å². The van der Waals surface area contributed by atoms with E-state index < -0.39 is 5.69 Å². The van der Waals surface area contributed by atoms with E-state index in [4.69, 9.17) is 21.3 Å². The molecular formula is C21H20ClN7O3. The molecule has 0 saturated heterocycles. The Balaban J connectivity index is 1.61. The Bertz CT molecular complexity index is 1480. The number of aromatic nitrogens is 5. The van der Waals surface area contributed by atoms with Crippen molar-refractivity contribution in [3.05, 3.63) is 62.4 Å². The van der Waals surface area contributed by atoms with Gasteiger partial charge in [-0.15, -0.1) is 0 Å². The minimum absolute atomic E-state index is 0.240. The highest BCUT2D eigenvalue weighted by Gasteiger charge is 2.20. The summed E-state index contributed by atoms with van der Waals surface area (Å²) in [4.78, 5) is 25.7. The molecule has 3 aromatic heterocycles. The smallest absolute Gasteiger partial charge is 0.326 e. The zero-order valence-electron chi connectivity index (χ0n) is 17.1. The maximum Gasteiger partial charge on any atom is 0.326 e. The van der Waals surface area contributed by atoms with Crippen molar-refractivity contribution in [1.82, 2.24) is 24.6 Å². The van der Waals surface area contributed by atoms with Crippen molar-refractivity contribution in [3.63, 3.8) is 0 Å². The van der Waals surface area contributed by atoms with E-state index in [9.17, 15) is 9.90 Å². The van der Waals surface area contributed by atoms with Crippen LogP contribution in [0.25, 0.3) is 11.7 Å². The van der Waals surface area contributed by atoms with Gasteiger partial charge in [-0.25, -0.2) is 9.78 Å². The summed E-state index contributed by atoms with van der Waals surface area (Å²) in [6.45, 7) is 2.43. The highest BCUT2D eigenvalue weighted by atomic mass is 35.5. The van der Waals surface area contributed by atoms with Crippen LogP contribution in [0.15, 0.2) is 40.2 Å². The van der Waals surface area contributed by atoms with E-state index in [2.05, 4.69) is 25.4 Å². The van der Waals surface area contributed by atoms with Gasteiger partial charge in [0.15, 0.2) is 11.1 Å². The third kappa shape index (κ3) is 4.04. The topological polar surface area (TPSA) is 133 Å². The molecule has 0 amide bonds. The van der Waals surface area contributed by atoms with Gasteiger partial charge in [0.05, 0.1) is 23.9 Å². The van der Waals surface area contributed by atoms with Crippen LogP contribution in [0.3, 0.4) is 0 Å². The fraction of sp³-hybridized carbons (Fsp3) is 0.238. The molecule has 0 atom stereocenters. The highest BCUT2D eigenvalue weighted by molar-refractivity contribution is 6.32. The summed E-state index contributed by atoms with van der Waals surface area (Å²) in [7, 11) is 0. The van der Waals surface area contributed by atoms with Crippen molar-refractivity contribution < 1.29 is 9.84 Å². The van der Waals surface area contributed by atoms with Gasteiger partial charge in [-0.1, -0.05) is 11.6 Å². The molecule has 4 N–H and O–H groups in total. The van der Waals surface area contributed by atoms with Gasteiger partial charge in [0.2, 0.25) is 5.88 Å². The van der Waals surface area contributed by atoms with Crippen LogP contribution in [0.2, 0.25) is 5.02 Å². The first-order valence-corrected chi connectivity index (χ1v) is 10.5. The number of benzene rings is 1. The lowest BCUT2D eigenvalue weighted by atomic mass is 10.3. The third-order valence-corrected chi connectivity index (χ3v) is 5.18. The minimum atomic E-state index is -0.502. The lowest BCUT2D eigenvalue weighted by Gasteiger charge is -2.10. The van der Waals surface area contributed by atoms with E-state index in [1.807, 2.05) is 19.1 Å². The number of hydrogen-bond acceptors (Lipinski definition) is 7. The second-order valence-electron chi connectivity index (χ2n) is 7.38. The maximum atomic E-state index is 11.5. The van der Waals surface area contributed by atoms with Crippen molar-refractivity contribution in [1.29, 1.82) is 0 Å². The molecule has 1 aliphatic rings. The van der Waals surface area contributed by atoms with E-state index in [1.54, 1.807) is 28.9 Å². The van der Waals surface area contributed by atoms with Crippen LogP contribution < -0.4 is 26.4 Å². The summed E-state index contributed by atoms with van der Waals surface area (Å²) in [5.74, 6) is 0.912. The highest BCUT2D eigenvalue weighted by Crippen LogP contribution is 2.29. The standard InChI is InChI=1S/C21H20ClN7O3/c1-2-32-16-6-5-13(8-14(16)22)24-17-9-18(25-12-3-4-12)29-19(27-17)11(10-23-29)7-15-20(30)28-21(31)26-15/h5-10,12,24,30H,2-4H2,1H3,(H2,26,28,31). The Morgan fingerprint density at radius 3 is 2.91 bits per heavy atom. The SMILES string of the molecule is CCOc1ccc(Nc2cc(=NC3CC3)n3ncc(=Cc4[nH]c(=O)[nH]c4O)c3n2)cc1Cl. The number of H-pyrrole nitrogens is 2. The van der Waals surface area contributed by atoms with Crippen molar-refractivity contribution in [2.24, 2.45) is 4.99 Å². The van der Waals surface area contributed by atoms with Crippen LogP contribution in [0.5, 0.6) is 11.6 Å².